The van der Waals surface area contributed by atoms with Gasteiger partial charge in [-0.3, -0.25) is 4.79 Å². The third-order valence-electron chi connectivity index (χ3n) is 7.59. The molecular formula is C27H40N3O5S+. The van der Waals surface area contributed by atoms with Gasteiger partial charge in [-0.2, -0.15) is 0 Å². The summed E-state index contributed by atoms with van der Waals surface area (Å²) in [7, 11) is 2.79. The van der Waals surface area contributed by atoms with Gasteiger partial charge in [-0.25, -0.2) is 13.4 Å². The third kappa shape index (κ3) is 5.53. The number of aromatic nitrogens is 1. The lowest BCUT2D eigenvalue weighted by molar-refractivity contribution is -0.900. The zero-order valence-corrected chi connectivity index (χ0v) is 23.2. The highest BCUT2D eigenvalue weighted by molar-refractivity contribution is 7.90. The van der Waals surface area contributed by atoms with Gasteiger partial charge in [0.15, 0.2) is 9.84 Å². The topological polar surface area (TPSA) is 85.8 Å². The minimum absolute atomic E-state index is 0.0376. The summed E-state index contributed by atoms with van der Waals surface area (Å²) >= 11 is 0. The number of carbonyl (C=O) groups excluding carboxylic acids is 1. The van der Waals surface area contributed by atoms with Crippen LogP contribution >= 0.6 is 0 Å². The van der Waals surface area contributed by atoms with Crippen LogP contribution in [-0.4, -0.2) is 94.5 Å². The minimum Gasteiger partial charge on any atom is -0.493 e. The first-order chi connectivity index (χ1) is 16.9. The molecule has 0 bridgehead atoms. The van der Waals surface area contributed by atoms with Crippen LogP contribution in [0.3, 0.4) is 0 Å². The van der Waals surface area contributed by atoms with Crippen LogP contribution in [0.1, 0.15) is 50.0 Å². The van der Waals surface area contributed by atoms with E-state index >= 15 is 0 Å². The van der Waals surface area contributed by atoms with Gasteiger partial charge in [-0.1, -0.05) is 0 Å². The van der Waals surface area contributed by atoms with Crippen molar-refractivity contribution in [2.45, 2.75) is 56.5 Å². The molecule has 1 aromatic heterocycles. The number of rotatable bonds is 9. The first-order valence-electron chi connectivity index (χ1n) is 12.8. The first kappa shape index (κ1) is 26.8. The third-order valence-corrected chi connectivity index (χ3v) is 8.70. The Morgan fingerprint density at radius 3 is 2.64 bits per heavy atom. The molecule has 2 fully saturated rings. The van der Waals surface area contributed by atoms with Crippen molar-refractivity contribution in [1.29, 1.82) is 0 Å². The fourth-order valence-corrected chi connectivity index (χ4v) is 6.56. The Morgan fingerprint density at radius 2 is 2.00 bits per heavy atom. The standard InChI is InChI=1S/C27H40N3O5S/c1-19(2)29(25-17-27(25)11-7-12-30(3,4)18-27)26(31)23-16-24(35-14-8-13-34-5)21-15-20(36(6,32)33)9-10-22(21)28-23/h9-10,15-16,19,25H,7-8,11-14,17-18H2,1-6H3/q+1/t25-,27?/m0/s1. The maximum atomic E-state index is 13.9. The van der Waals surface area contributed by atoms with E-state index in [2.05, 4.69) is 32.9 Å². The van der Waals surface area contributed by atoms with Crippen molar-refractivity contribution in [1.82, 2.24) is 9.88 Å². The number of sulfone groups is 1. The number of fused-ring (bicyclic) bond motifs is 1. The van der Waals surface area contributed by atoms with Crippen molar-refractivity contribution < 1.29 is 27.2 Å². The van der Waals surface area contributed by atoms with Crippen molar-refractivity contribution in [3.8, 4) is 5.75 Å². The normalized spacial score (nSPS) is 23.2. The summed E-state index contributed by atoms with van der Waals surface area (Å²) < 4.78 is 36.5. The second-order valence-electron chi connectivity index (χ2n) is 11.5. The quantitative estimate of drug-likeness (QED) is 0.373. The molecule has 1 aliphatic heterocycles. The van der Waals surface area contributed by atoms with E-state index in [4.69, 9.17) is 9.47 Å². The molecule has 4 rings (SSSR count). The molecule has 36 heavy (non-hydrogen) atoms. The Morgan fingerprint density at radius 1 is 1.25 bits per heavy atom. The van der Waals surface area contributed by atoms with E-state index in [0.29, 0.717) is 42.0 Å². The van der Waals surface area contributed by atoms with Crippen LogP contribution in [0.4, 0.5) is 0 Å². The molecule has 1 aliphatic carbocycles. The SMILES string of the molecule is COCCCOc1cc(C(=O)N(C(C)C)[C@H]2CC23CCC[N+](C)(C)C3)nc2ccc(S(C)(=O)=O)cc12. The number of ether oxygens (including phenoxy) is 2. The molecule has 2 aliphatic rings. The number of likely N-dealkylation sites (tertiary alicyclic amines) is 1. The Labute approximate surface area is 215 Å². The predicted octanol–water partition coefficient (Wildman–Crippen LogP) is 3.53. The fraction of sp³-hybridized carbons (Fsp3) is 0.630. The van der Waals surface area contributed by atoms with E-state index in [0.717, 1.165) is 23.9 Å². The molecule has 1 aromatic carbocycles. The zero-order chi connectivity index (χ0) is 26.3. The van der Waals surface area contributed by atoms with Crippen molar-refractivity contribution in [2.24, 2.45) is 5.41 Å². The number of piperidine rings is 1. The van der Waals surface area contributed by atoms with Crippen molar-refractivity contribution in [3.05, 3.63) is 30.0 Å². The largest absolute Gasteiger partial charge is 0.493 e. The highest BCUT2D eigenvalue weighted by atomic mass is 32.2. The smallest absolute Gasteiger partial charge is 0.273 e. The molecule has 1 spiro atoms. The van der Waals surface area contributed by atoms with E-state index < -0.39 is 9.84 Å². The molecule has 198 valence electrons. The van der Waals surface area contributed by atoms with Crippen LogP contribution in [-0.2, 0) is 14.6 Å². The van der Waals surface area contributed by atoms with Crippen LogP contribution in [0.5, 0.6) is 5.75 Å². The molecule has 0 radical (unpaired) electrons. The molecular weight excluding hydrogens is 478 g/mol. The van der Waals surface area contributed by atoms with Crippen molar-refractivity contribution in [3.63, 3.8) is 0 Å². The van der Waals surface area contributed by atoms with E-state index in [1.807, 2.05) is 4.90 Å². The minimum atomic E-state index is -3.40. The molecule has 2 atom stereocenters. The van der Waals surface area contributed by atoms with E-state index in [9.17, 15) is 13.2 Å². The summed E-state index contributed by atoms with van der Waals surface area (Å²) in [5.41, 5.74) is 1.05. The maximum Gasteiger partial charge on any atom is 0.273 e. The molecule has 2 heterocycles. The number of nitrogens with zero attached hydrogens (tertiary/aromatic N) is 3. The second kappa shape index (κ2) is 9.91. The first-order valence-corrected chi connectivity index (χ1v) is 14.7. The molecule has 0 N–H and O–H groups in total. The zero-order valence-electron chi connectivity index (χ0n) is 22.4. The van der Waals surface area contributed by atoms with Gasteiger partial charge >= 0.3 is 0 Å². The van der Waals surface area contributed by atoms with Gasteiger partial charge in [0.1, 0.15) is 11.4 Å². The lowest BCUT2D eigenvalue weighted by Gasteiger charge is -2.40. The van der Waals surface area contributed by atoms with Crippen LogP contribution < -0.4 is 4.74 Å². The monoisotopic (exact) mass is 518 g/mol. The van der Waals surface area contributed by atoms with Gasteiger partial charge < -0.3 is 18.9 Å². The summed E-state index contributed by atoms with van der Waals surface area (Å²) in [6.45, 7) is 7.32. The summed E-state index contributed by atoms with van der Waals surface area (Å²) in [5, 5.41) is 0.581. The van der Waals surface area contributed by atoms with Crippen LogP contribution in [0, 0.1) is 5.41 Å². The number of quaternary nitrogens is 1. The van der Waals surface area contributed by atoms with Gasteiger partial charge in [0.25, 0.3) is 5.91 Å². The fourth-order valence-electron chi connectivity index (χ4n) is 5.92. The van der Waals surface area contributed by atoms with Crippen LogP contribution in [0.15, 0.2) is 29.2 Å². The maximum absolute atomic E-state index is 13.9. The Balaban J connectivity index is 1.69. The number of pyridine rings is 1. The molecule has 9 heteroatoms. The summed E-state index contributed by atoms with van der Waals surface area (Å²) in [5.74, 6) is 0.369. The molecule has 2 aromatic rings. The average Bonchev–Trinajstić information content (AvgIpc) is 3.44. The molecule has 1 saturated carbocycles. The van der Waals surface area contributed by atoms with Crippen molar-refractivity contribution in [2.75, 3.05) is 53.8 Å². The summed E-state index contributed by atoms with van der Waals surface area (Å²) in [6.07, 6.45) is 5.22. The van der Waals surface area contributed by atoms with Gasteiger partial charge in [-0.15, -0.1) is 0 Å². The number of benzene rings is 1. The van der Waals surface area contributed by atoms with Crippen LogP contribution in [0.2, 0.25) is 0 Å². The average molecular weight is 519 g/mol. The van der Waals surface area contributed by atoms with Crippen molar-refractivity contribution >= 4 is 26.6 Å². The predicted molar refractivity (Wildman–Crippen MR) is 140 cm³/mol. The highest BCUT2D eigenvalue weighted by Crippen LogP contribution is 2.56. The molecule has 1 unspecified atom stereocenters. The second-order valence-corrected chi connectivity index (χ2v) is 13.5. The van der Waals surface area contributed by atoms with Gasteiger partial charge in [0.2, 0.25) is 0 Å². The number of carbonyl (C=O) groups is 1. The molecule has 1 amide bonds. The Kier molecular flexibility index (Phi) is 7.38. The highest BCUT2D eigenvalue weighted by Gasteiger charge is 2.62. The number of amides is 1. The number of hydrogen-bond donors (Lipinski definition) is 0. The van der Waals surface area contributed by atoms with Gasteiger partial charge in [-0.05, 0) is 51.3 Å². The number of hydrogen-bond acceptors (Lipinski definition) is 6. The molecule has 8 nitrogen and oxygen atoms in total. The van der Waals surface area contributed by atoms with E-state index in [1.165, 1.54) is 25.3 Å². The van der Waals surface area contributed by atoms with E-state index in [1.54, 1.807) is 25.3 Å². The Bertz CT molecular complexity index is 1240. The molecule has 1 saturated heterocycles. The van der Waals surface area contributed by atoms with E-state index in [-0.39, 0.29) is 28.3 Å². The Hall–Kier alpha value is -2.23. The summed E-state index contributed by atoms with van der Waals surface area (Å²) in [4.78, 5) is 20.8. The lowest BCUT2D eigenvalue weighted by atomic mass is 9.92. The van der Waals surface area contributed by atoms with Crippen LogP contribution in [0.25, 0.3) is 10.9 Å². The number of methoxy groups -OCH3 is 1. The summed E-state index contributed by atoms with van der Waals surface area (Å²) in [6, 6.07) is 6.69. The van der Waals surface area contributed by atoms with Gasteiger partial charge in [0, 0.05) is 55.3 Å². The lowest BCUT2D eigenvalue weighted by Crippen LogP contribution is -2.51. The van der Waals surface area contributed by atoms with Gasteiger partial charge in [0.05, 0.1) is 44.2 Å².